The van der Waals surface area contributed by atoms with Crippen molar-refractivity contribution in [1.29, 1.82) is 0 Å². The molecule has 0 aromatic heterocycles. The molecule has 0 radical (unpaired) electrons. The summed E-state index contributed by atoms with van der Waals surface area (Å²) in [5.41, 5.74) is 1.00. The van der Waals surface area contributed by atoms with E-state index < -0.39 is 31.6 Å². The number of sulfone groups is 2. The first-order valence-electron chi connectivity index (χ1n) is 12.1. The summed E-state index contributed by atoms with van der Waals surface area (Å²) in [4.78, 5) is 26.5. The predicted octanol–water partition coefficient (Wildman–Crippen LogP) is 5.61. The van der Waals surface area contributed by atoms with E-state index in [4.69, 9.17) is 46.4 Å². The molecule has 2 aromatic rings. The fraction of sp³-hybridized carbons (Fsp3) is 0.440. The van der Waals surface area contributed by atoms with E-state index in [0.717, 1.165) is 4.47 Å². The summed E-state index contributed by atoms with van der Waals surface area (Å²) >= 11 is 29.0. The highest BCUT2D eigenvalue weighted by atomic mass is 127. The molecule has 0 aliphatic carbocycles. The molecule has 10 nitrogen and oxygen atoms in total. The minimum Gasteiger partial charge on any atom is -0.465 e. The quantitative estimate of drug-likeness (QED) is 0.235. The van der Waals surface area contributed by atoms with Crippen LogP contribution in [0.1, 0.15) is 20.7 Å². The third-order valence-electron chi connectivity index (χ3n) is 5.70. The van der Waals surface area contributed by atoms with Gasteiger partial charge in [0.15, 0.2) is 19.7 Å². The number of hydrogen-bond donors (Lipinski definition) is 1. The van der Waals surface area contributed by atoms with Crippen LogP contribution in [0.2, 0.25) is 20.1 Å². The Kier molecular flexibility index (Phi) is 18.0. The van der Waals surface area contributed by atoms with Gasteiger partial charge in [-0.25, -0.2) is 26.4 Å². The van der Waals surface area contributed by atoms with Gasteiger partial charge in [0.2, 0.25) is 0 Å². The molecule has 2 saturated heterocycles. The van der Waals surface area contributed by atoms with Gasteiger partial charge in [-0.05, 0) is 29.2 Å². The molecule has 0 bridgehead atoms. The van der Waals surface area contributed by atoms with Crippen LogP contribution in [0.5, 0.6) is 0 Å². The molecular weight excluding hydrogens is 869 g/mol. The predicted molar refractivity (Wildman–Crippen MR) is 186 cm³/mol. The fourth-order valence-corrected chi connectivity index (χ4v) is 7.84. The Balaban J connectivity index is 0.000000344. The third kappa shape index (κ3) is 13.3. The molecule has 0 atom stereocenters. The van der Waals surface area contributed by atoms with Gasteiger partial charge in [-0.2, -0.15) is 0 Å². The van der Waals surface area contributed by atoms with E-state index in [9.17, 15) is 26.4 Å². The average molecular weight is 899 g/mol. The number of hydrogen-bond acceptors (Lipinski definition) is 10. The molecule has 0 amide bonds. The van der Waals surface area contributed by atoms with Crippen molar-refractivity contribution in [2.75, 3.05) is 73.2 Å². The van der Waals surface area contributed by atoms with Crippen molar-refractivity contribution in [3.05, 3.63) is 60.0 Å². The Morgan fingerprint density at radius 3 is 1.42 bits per heavy atom. The third-order valence-corrected chi connectivity index (χ3v) is 10.6. The number of esters is 2. The lowest BCUT2D eigenvalue weighted by atomic mass is 10.2. The molecule has 18 heteroatoms. The number of benzene rings is 2. The first kappa shape index (κ1) is 40.4. The zero-order chi connectivity index (χ0) is 33.0. The van der Waals surface area contributed by atoms with Gasteiger partial charge >= 0.3 is 11.9 Å². The molecular formula is C25H30BrCl4IN2O8S2. The van der Waals surface area contributed by atoms with Crippen LogP contribution >= 0.6 is 84.9 Å². The lowest BCUT2D eigenvalue weighted by Crippen LogP contribution is -2.40. The highest BCUT2D eigenvalue weighted by Gasteiger charge is 2.24. The minimum atomic E-state index is -2.95. The van der Waals surface area contributed by atoms with Gasteiger partial charge in [0.25, 0.3) is 0 Å². The second-order valence-electron chi connectivity index (χ2n) is 8.55. The standard InChI is InChI=1S/C12H13Cl2NO4S.C8H5BrCl2O2.C4H9NO2S.CH3I/c1-19-12(16)11-9(13)6-8(7-10(11)14)15-2-4-20(17,18)5-3-15;1-13-8(12)7-5(10)2-4(9)3-6(7)11;6-8(7)3-1-5-2-4-8;1-2/h6-7H,2-5H2,1H3;2-3H,1H3;5H,1-4H2;1H3. The summed E-state index contributed by atoms with van der Waals surface area (Å²) in [5, 5.41) is 3.88. The lowest BCUT2D eigenvalue weighted by Gasteiger charge is -2.29. The molecule has 2 fully saturated rings. The van der Waals surface area contributed by atoms with Crippen LogP contribution in [0.15, 0.2) is 28.7 Å². The molecule has 43 heavy (non-hydrogen) atoms. The zero-order valence-electron chi connectivity index (χ0n) is 23.3. The molecule has 2 aliphatic rings. The van der Waals surface area contributed by atoms with E-state index in [2.05, 4.69) is 53.3 Å². The normalized spacial score (nSPS) is 16.5. The highest BCUT2D eigenvalue weighted by molar-refractivity contribution is 14.1. The molecule has 0 unspecified atom stereocenters. The maximum Gasteiger partial charge on any atom is 0.340 e. The second-order valence-corrected chi connectivity index (χ2v) is 15.7. The van der Waals surface area contributed by atoms with E-state index in [1.54, 1.807) is 24.3 Å². The summed E-state index contributed by atoms with van der Waals surface area (Å²) in [6, 6.07) is 6.36. The zero-order valence-corrected chi connectivity index (χ0v) is 31.7. The summed E-state index contributed by atoms with van der Waals surface area (Å²) in [7, 11) is -3.07. The van der Waals surface area contributed by atoms with Gasteiger partial charge < -0.3 is 19.7 Å². The number of anilines is 1. The fourth-order valence-electron chi connectivity index (χ4n) is 3.53. The Labute approximate surface area is 294 Å². The topological polar surface area (TPSA) is 136 Å². The van der Waals surface area contributed by atoms with Crippen LogP contribution in [0.3, 0.4) is 0 Å². The van der Waals surface area contributed by atoms with Crippen LogP contribution < -0.4 is 10.2 Å². The number of halogens is 6. The largest absolute Gasteiger partial charge is 0.465 e. The van der Waals surface area contributed by atoms with Crippen LogP contribution in [-0.4, -0.2) is 97.1 Å². The van der Waals surface area contributed by atoms with Crippen LogP contribution in [-0.2, 0) is 29.1 Å². The molecule has 2 aromatic carbocycles. The number of alkyl halides is 1. The second kappa shape index (κ2) is 19.2. The Hall–Kier alpha value is -0.590. The number of nitrogens with zero attached hydrogens (tertiary/aromatic N) is 1. The summed E-state index contributed by atoms with van der Waals surface area (Å²) in [5.74, 6) is -0.322. The van der Waals surface area contributed by atoms with Crippen molar-refractivity contribution in [3.8, 4) is 0 Å². The van der Waals surface area contributed by atoms with Gasteiger partial charge in [0.1, 0.15) is 0 Å². The minimum absolute atomic E-state index is 0.0982. The molecule has 1 N–H and O–H groups in total. The van der Waals surface area contributed by atoms with E-state index in [1.807, 2.05) is 9.83 Å². The van der Waals surface area contributed by atoms with E-state index in [-0.39, 0.29) is 42.7 Å². The Morgan fingerprint density at radius 2 is 1.09 bits per heavy atom. The summed E-state index contributed by atoms with van der Waals surface area (Å²) < 4.78 is 53.9. The van der Waals surface area contributed by atoms with Gasteiger partial charge in [-0.1, -0.05) is 84.9 Å². The first-order valence-corrected chi connectivity index (χ1v) is 20.3. The van der Waals surface area contributed by atoms with Gasteiger partial charge in [-0.15, -0.1) is 0 Å². The van der Waals surface area contributed by atoms with E-state index in [0.29, 0.717) is 43.4 Å². The van der Waals surface area contributed by atoms with Crippen molar-refractivity contribution >= 4 is 122 Å². The molecule has 0 spiro atoms. The Bertz CT molecular complexity index is 1430. The van der Waals surface area contributed by atoms with Crippen molar-refractivity contribution in [2.24, 2.45) is 0 Å². The van der Waals surface area contributed by atoms with Crippen molar-refractivity contribution in [3.63, 3.8) is 0 Å². The van der Waals surface area contributed by atoms with E-state index >= 15 is 0 Å². The monoisotopic (exact) mass is 896 g/mol. The summed E-state index contributed by atoms with van der Waals surface area (Å²) in [6.07, 6.45) is 0. The van der Waals surface area contributed by atoms with E-state index in [1.165, 1.54) is 14.2 Å². The van der Waals surface area contributed by atoms with Crippen molar-refractivity contribution in [1.82, 2.24) is 5.32 Å². The van der Waals surface area contributed by atoms with Gasteiger partial charge in [-0.3, -0.25) is 0 Å². The lowest BCUT2D eigenvalue weighted by molar-refractivity contribution is 0.0592. The number of methoxy groups -OCH3 is 2. The number of carbonyl (C=O) groups is 2. The average Bonchev–Trinajstić information content (AvgIpc) is 2.93. The molecule has 4 rings (SSSR count). The highest BCUT2D eigenvalue weighted by Crippen LogP contribution is 2.32. The summed E-state index contributed by atoms with van der Waals surface area (Å²) in [6.45, 7) is 2.02. The molecule has 2 heterocycles. The Morgan fingerprint density at radius 1 is 0.744 bits per heavy atom. The smallest absolute Gasteiger partial charge is 0.340 e. The van der Waals surface area contributed by atoms with Crippen LogP contribution in [0.25, 0.3) is 0 Å². The molecule has 242 valence electrons. The SMILES string of the molecule is CI.COC(=O)c1c(Cl)cc(Br)cc1Cl.COC(=O)c1c(Cl)cc(N2CCS(=O)(=O)CC2)cc1Cl.O=S1(=O)CCNCC1. The van der Waals surface area contributed by atoms with Crippen LogP contribution in [0.4, 0.5) is 5.69 Å². The van der Waals surface area contributed by atoms with Gasteiger partial charge in [0.05, 0.1) is 68.4 Å². The first-order chi connectivity index (χ1) is 20.1. The number of nitrogens with one attached hydrogen (secondary N) is 1. The van der Waals surface area contributed by atoms with Crippen molar-refractivity contribution < 1.29 is 35.9 Å². The maximum absolute atomic E-state index is 11.5. The number of rotatable bonds is 3. The maximum atomic E-state index is 11.5. The van der Waals surface area contributed by atoms with Crippen molar-refractivity contribution in [2.45, 2.75) is 0 Å². The number of ether oxygens (including phenoxy) is 2. The number of carbonyl (C=O) groups excluding carboxylic acids is 2. The molecule has 0 saturated carbocycles. The molecule has 2 aliphatic heterocycles. The van der Waals surface area contributed by atoms with Gasteiger partial charge in [0, 0.05) is 36.3 Å². The van der Waals surface area contributed by atoms with Crippen LogP contribution in [0, 0.1) is 0 Å².